The molecule has 0 bridgehead atoms. The van der Waals surface area contributed by atoms with Gasteiger partial charge in [-0.25, -0.2) is 0 Å². The van der Waals surface area contributed by atoms with Crippen molar-refractivity contribution in [1.82, 2.24) is 0 Å². The van der Waals surface area contributed by atoms with Gasteiger partial charge in [0.15, 0.2) is 0 Å². The predicted molar refractivity (Wildman–Crippen MR) is 193 cm³/mol. The molecule has 2 rings (SSSR count). The summed E-state index contributed by atoms with van der Waals surface area (Å²) in [6, 6.07) is -9.60. The Morgan fingerprint density at radius 2 is 0.605 bits per heavy atom. The maximum Gasteiger partial charge on any atom is 0.494 e. The zero-order valence-electron chi connectivity index (χ0n) is 38.9. The minimum Gasteiger partial charge on any atom is -0.399 e. The van der Waals surface area contributed by atoms with Crippen molar-refractivity contribution in [2.75, 3.05) is 0 Å². The summed E-state index contributed by atoms with van der Waals surface area (Å²) in [4.78, 5) is 11.1. The van der Waals surface area contributed by atoms with Crippen molar-refractivity contribution in [3.8, 4) is 0 Å². The summed E-state index contributed by atoms with van der Waals surface area (Å²) in [6.07, 6.45) is -36.8. The molecule has 0 aromatic heterocycles. The van der Waals surface area contributed by atoms with Crippen molar-refractivity contribution in [2.45, 2.75) is 183 Å². The fraction of sp³-hybridized carbons (Fsp3) is 0.811. The van der Waals surface area contributed by atoms with E-state index in [1.54, 1.807) is 0 Å². The number of aldehydes is 1. The molecule has 0 N–H and O–H groups in total. The zero-order chi connectivity index (χ0) is 65.1. The molecule has 0 aliphatic carbocycles. The molecule has 1 aromatic rings. The molecule has 0 radical (unpaired) electrons. The molecule has 1 heterocycles. The molecule has 1 aliphatic heterocycles. The topological polar surface area (TPSA) is 35.5 Å². The van der Waals surface area contributed by atoms with Gasteiger partial charge in [0.05, 0.1) is 19.3 Å². The van der Waals surface area contributed by atoms with E-state index in [0.717, 1.165) is 24.3 Å². The van der Waals surface area contributed by atoms with Crippen LogP contribution >= 0.6 is 0 Å². The smallest absolute Gasteiger partial charge is 0.399 e. The van der Waals surface area contributed by atoms with Crippen molar-refractivity contribution in [3.63, 3.8) is 0 Å². The number of alkyl halides is 39. The second-order valence-electron chi connectivity index (χ2n) is 18.8. The van der Waals surface area contributed by atoms with Gasteiger partial charge in [-0.05, 0) is 32.3 Å². The minimum absolute atomic E-state index is 0.0582. The Hall–Kier alpha value is -3.64. The van der Waals surface area contributed by atoms with Crippen LogP contribution in [0.25, 0.3) is 0 Å². The number of hydrogen-bond donors (Lipinski definition) is 0. The van der Waals surface area contributed by atoms with Crippen molar-refractivity contribution in [3.05, 3.63) is 29.8 Å². The summed E-state index contributed by atoms with van der Waals surface area (Å²) < 4.78 is 562. The largest absolute Gasteiger partial charge is 0.494 e. The van der Waals surface area contributed by atoms with Crippen LogP contribution in [0.2, 0.25) is 24.2 Å². The number of benzene rings is 1. The SMILES string of the molecule is CC1(C)OB(c2ccc(C=O)cc2)OC1(C)C[Si](CCC(F)(F)C(F)(F)C(F)(F)C(F)(F)C(F)(F)C(F)(F)F)(CCC(F)(F)C(F)(F)C(F)(F)C(F)(F)C(F)(F)C(F)(F)F)CCC(F)(F)C(F)(F)C(F)(F)C(F)(F)C(F)(F)C(F)(F)F. The number of rotatable bonds is 25. The molecular weight excluding hydrogens is 1270 g/mol. The Bertz CT molecular complexity index is 2180. The van der Waals surface area contributed by atoms with Gasteiger partial charge in [0.25, 0.3) is 0 Å². The van der Waals surface area contributed by atoms with E-state index in [0.29, 0.717) is 13.8 Å². The lowest BCUT2D eigenvalue weighted by atomic mass is 9.79. The second kappa shape index (κ2) is 20.5. The molecular formula is C37H28BF39O3Si. The van der Waals surface area contributed by atoms with E-state index >= 15 is 52.7 Å². The van der Waals surface area contributed by atoms with Gasteiger partial charge in [0.2, 0.25) is 0 Å². The third-order valence-corrected chi connectivity index (χ3v) is 18.4. The maximum absolute atomic E-state index is 15.5. The van der Waals surface area contributed by atoms with E-state index in [4.69, 9.17) is 9.31 Å². The molecule has 1 aliphatic rings. The van der Waals surface area contributed by atoms with Crippen LogP contribution in [0.4, 0.5) is 171 Å². The average Bonchev–Trinajstić information content (AvgIpc) is 3.51. The van der Waals surface area contributed by atoms with Crippen LogP contribution in [0.5, 0.6) is 0 Å². The molecule has 1 atom stereocenters. The molecule has 3 nitrogen and oxygen atoms in total. The van der Waals surface area contributed by atoms with Crippen LogP contribution < -0.4 is 5.46 Å². The van der Waals surface area contributed by atoms with Gasteiger partial charge < -0.3 is 9.31 Å². The summed E-state index contributed by atoms with van der Waals surface area (Å²) in [6.45, 7) is 1.13. The highest BCUT2D eigenvalue weighted by Gasteiger charge is 2.93. The first-order chi connectivity index (χ1) is 34.9. The first kappa shape index (κ1) is 73.5. The minimum atomic E-state index is -8.94. The molecule has 1 fully saturated rings. The summed E-state index contributed by atoms with van der Waals surface area (Å²) in [5.41, 5.74) is -7.03. The number of carbonyl (C=O) groups excluding carboxylic acids is 1. The van der Waals surface area contributed by atoms with Gasteiger partial charge in [-0.1, -0.05) is 42.4 Å². The maximum atomic E-state index is 15.5. The highest BCUT2D eigenvalue weighted by molar-refractivity contribution is 6.80. The highest BCUT2D eigenvalue weighted by atomic mass is 28.3. The van der Waals surface area contributed by atoms with Crippen LogP contribution in [0.3, 0.4) is 0 Å². The zero-order valence-corrected chi connectivity index (χ0v) is 39.9. The molecule has 1 unspecified atom stereocenters. The summed E-state index contributed by atoms with van der Waals surface area (Å²) in [5, 5.41) is 0. The fourth-order valence-corrected chi connectivity index (χ4v) is 13.2. The van der Waals surface area contributed by atoms with Gasteiger partial charge in [-0.3, -0.25) is 4.79 Å². The second-order valence-corrected chi connectivity index (χ2v) is 23.6. The van der Waals surface area contributed by atoms with Crippen LogP contribution in [0.15, 0.2) is 24.3 Å². The van der Waals surface area contributed by atoms with Gasteiger partial charge >= 0.3 is 114 Å². The summed E-state index contributed by atoms with van der Waals surface area (Å²) >= 11 is 0. The lowest BCUT2D eigenvalue weighted by molar-refractivity contribution is -0.440. The third kappa shape index (κ3) is 11.3. The highest BCUT2D eigenvalue weighted by Crippen LogP contribution is 2.66. The molecule has 1 saturated heterocycles. The van der Waals surface area contributed by atoms with Crippen LogP contribution in [0, 0.1) is 0 Å². The molecule has 81 heavy (non-hydrogen) atoms. The van der Waals surface area contributed by atoms with E-state index < -0.39 is 183 Å². The quantitative estimate of drug-likeness (QED) is 0.0556. The van der Waals surface area contributed by atoms with Gasteiger partial charge in [-0.15, -0.1) is 0 Å². The van der Waals surface area contributed by atoms with E-state index in [2.05, 4.69) is 0 Å². The van der Waals surface area contributed by atoms with Crippen LogP contribution in [-0.4, -0.2) is 140 Å². The van der Waals surface area contributed by atoms with Crippen LogP contribution in [-0.2, 0) is 9.31 Å². The van der Waals surface area contributed by atoms with Crippen molar-refractivity contribution in [1.29, 1.82) is 0 Å². The fourth-order valence-electron chi connectivity index (χ4n) is 7.42. The average molecular weight is 1300 g/mol. The molecule has 1 aromatic carbocycles. The van der Waals surface area contributed by atoms with E-state index in [1.165, 1.54) is 0 Å². The Morgan fingerprint density at radius 3 is 0.827 bits per heavy atom. The molecule has 0 saturated carbocycles. The predicted octanol–water partition coefficient (Wildman–Crippen LogP) is 16.6. The number of hydrogen-bond acceptors (Lipinski definition) is 3. The monoisotopic (exact) mass is 1300 g/mol. The molecule has 474 valence electrons. The van der Waals surface area contributed by atoms with E-state index in [-0.39, 0.29) is 18.8 Å². The van der Waals surface area contributed by atoms with E-state index in [1.807, 2.05) is 0 Å². The Labute approximate surface area is 425 Å². The lowest BCUT2D eigenvalue weighted by Crippen LogP contribution is -2.70. The Morgan fingerprint density at radius 1 is 0.370 bits per heavy atom. The van der Waals surface area contributed by atoms with E-state index in [9.17, 15) is 123 Å². The normalized spacial score (nSPS) is 19.4. The number of halogens is 39. The molecule has 0 spiro atoms. The lowest BCUT2D eigenvalue weighted by Gasteiger charge is -2.47. The third-order valence-electron chi connectivity index (χ3n) is 13.0. The standard InChI is InChI=1S/C37H28BF39O3Si/c1-18(2)19(3,80-38(79-18)17-6-4-16(14-78)5-7-17)15-81(11-8-20(39,40)23(45,46)26(51,52)29(57,58)32(63,64)35(69,70)71,12-9-21(41,42)24(47,48)27(53,54)30(59,60)33(65,66)36(72,73)74)13-10-22(43,44)25(49,50)28(55,56)31(61,62)34(67,68)37(75,76)77/h4-7,14H,8-13,15H2,1-3H3. The van der Waals surface area contributed by atoms with Crippen molar-refractivity contribution < 1.29 is 185 Å². The molecule has 0 amide bonds. The Balaban J connectivity index is 3.26. The van der Waals surface area contributed by atoms with Gasteiger partial charge in [0, 0.05) is 24.8 Å². The Kier molecular flexibility index (Phi) is 18.6. The van der Waals surface area contributed by atoms with Crippen molar-refractivity contribution in [2.24, 2.45) is 0 Å². The number of carbonyl (C=O) groups is 1. The van der Waals surface area contributed by atoms with Gasteiger partial charge in [0.1, 0.15) is 6.29 Å². The first-order valence-corrected chi connectivity index (χ1v) is 23.5. The summed E-state index contributed by atoms with van der Waals surface area (Å²) in [5.74, 6) is -129. The first-order valence-electron chi connectivity index (χ1n) is 20.7. The van der Waals surface area contributed by atoms with Gasteiger partial charge in [-0.2, -0.15) is 171 Å². The molecule has 44 heteroatoms. The van der Waals surface area contributed by atoms with Crippen LogP contribution in [0.1, 0.15) is 50.4 Å². The summed E-state index contributed by atoms with van der Waals surface area (Å²) in [7, 11) is -9.58. The van der Waals surface area contributed by atoms with Crippen molar-refractivity contribution >= 4 is 26.9 Å².